The molecule has 1 aromatic heterocycles. The van der Waals surface area contributed by atoms with E-state index in [0.717, 1.165) is 36.6 Å². The Kier molecular flexibility index (Phi) is 4.12. The first-order valence-corrected chi connectivity index (χ1v) is 7.17. The molecule has 0 aliphatic heterocycles. The van der Waals surface area contributed by atoms with Crippen LogP contribution >= 0.6 is 11.8 Å². The van der Waals surface area contributed by atoms with Crippen LogP contribution in [0.3, 0.4) is 0 Å². The summed E-state index contributed by atoms with van der Waals surface area (Å²) in [6, 6.07) is 0. The Bertz CT molecular complexity index is 368. The van der Waals surface area contributed by atoms with Gasteiger partial charge >= 0.3 is 0 Å². The molecule has 4 nitrogen and oxygen atoms in total. The van der Waals surface area contributed by atoms with Gasteiger partial charge in [-0.25, -0.2) is 4.98 Å². The van der Waals surface area contributed by atoms with Gasteiger partial charge in [-0.2, -0.15) is 0 Å². The number of aliphatic hydroxyl groups is 1. The molecule has 0 saturated heterocycles. The molecule has 96 valence electrons. The summed E-state index contributed by atoms with van der Waals surface area (Å²) in [6.07, 6.45) is 7.86. The third-order valence-corrected chi connectivity index (χ3v) is 4.84. The molecule has 2 atom stereocenters. The second-order valence-corrected chi connectivity index (χ2v) is 5.92. The van der Waals surface area contributed by atoms with Crippen LogP contribution in [0.2, 0.25) is 0 Å². The number of nitrogens with two attached hydrogens (primary N) is 1. The van der Waals surface area contributed by atoms with Crippen molar-refractivity contribution >= 4 is 11.8 Å². The molecule has 1 aromatic rings. The maximum Gasteiger partial charge on any atom is 0.167 e. The normalized spacial score (nSPS) is 28.8. The molecule has 5 heteroatoms. The standard InChI is InChI=1S/C12H21N3OS/c1-15-7-6-14-11(15)17-8-4-10-3-2-5-12(10,16)9-13/h6-7,10,16H,2-5,8-9,13H2,1H3. The summed E-state index contributed by atoms with van der Waals surface area (Å²) in [7, 11) is 2.00. The predicted molar refractivity (Wildman–Crippen MR) is 69.9 cm³/mol. The van der Waals surface area contributed by atoms with E-state index in [2.05, 4.69) is 4.98 Å². The van der Waals surface area contributed by atoms with E-state index in [0.29, 0.717) is 12.5 Å². The molecular formula is C12H21N3OS. The molecule has 0 amide bonds. The number of aromatic nitrogens is 2. The van der Waals surface area contributed by atoms with Gasteiger partial charge in [0, 0.05) is 31.7 Å². The Labute approximate surface area is 107 Å². The van der Waals surface area contributed by atoms with Gasteiger partial charge in [0.15, 0.2) is 5.16 Å². The summed E-state index contributed by atoms with van der Waals surface area (Å²) in [5, 5.41) is 11.4. The monoisotopic (exact) mass is 255 g/mol. The molecular weight excluding hydrogens is 234 g/mol. The molecule has 1 saturated carbocycles. The topological polar surface area (TPSA) is 64.1 Å². The van der Waals surface area contributed by atoms with Gasteiger partial charge in [-0.05, 0) is 25.2 Å². The minimum absolute atomic E-state index is 0.361. The van der Waals surface area contributed by atoms with E-state index in [1.54, 1.807) is 11.8 Å². The van der Waals surface area contributed by atoms with Crippen LogP contribution in [0.15, 0.2) is 17.6 Å². The quantitative estimate of drug-likeness (QED) is 0.781. The maximum absolute atomic E-state index is 10.3. The molecule has 2 rings (SSSR count). The molecule has 1 aliphatic rings. The third kappa shape index (κ3) is 2.84. The molecule has 0 bridgehead atoms. The van der Waals surface area contributed by atoms with Crippen LogP contribution in [0.5, 0.6) is 0 Å². The van der Waals surface area contributed by atoms with Crippen molar-refractivity contribution in [1.82, 2.24) is 9.55 Å². The van der Waals surface area contributed by atoms with Gasteiger partial charge in [-0.3, -0.25) is 0 Å². The zero-order valence-corrected chi connectivity index (χ0v) is 11.1. The number of rotatable bonds is 5. The van der Waals surface area contributed by atoms with Crippen molar-refractivity contribution < 1.29 is 5.11 Å². The summed E-state index contributed by atoms with van der Waals surface area (Å²) >= 11 is 1.75. The van der Waals surface area contributed by atoms with Crippen molar-refractivity contribution in [3.8, 4) is 0 Å². The fraction of sp³-hybridized carbons (Fsp3) is 0.750. The van der Waals surface area contributed by atoms with E-state index < -0.39 is 5.60 Å². The van der Waals surface area contributed by atoms with Gasteiger partial charge in [0.1, 0.15) is 0 Å². The van der Waals surface area contributed by atoms with Crippen LogP contribution in [0.1, 0.15) is 25.7 Å². The molecule has 0 aromatic carbocycles. The minimum atomic E-state index is -0.609. The maximum atomic E-state index is 10.3. The Hall–Kier alpha value is -0.520. The number of hydrogen-bond acceptors (Lipinski definition) is 4. The van der Waals surface area contributed by atoms with E-state index >= 15 is 0 Å². The average molecular weight is 255 g/mol. The first-order chi connectivity index (χ1) is 8.15. The van der Waals surface area contributed by atoms with Gasteiger partial charge < -0.3 is 15.4 Å². The van der Waals surface area contributed by atoms with Gasteiger partial charge in [-0.1, -0.05) is 18.2 Å². The van der Waals surface area contributed by atoms with Crippen molar-refractivity contribution in [1.29, 1.82) is 0 Å². The molecule has 1 fully saturated rings. The molecule has 3 N–H and O–H groups in total. The molecule has 17 heavy (non-hydrogen) atoms. The fourth-order valence-corrected chi connectivity index (χ4v) is 3.58. The highest BCUT2D eigenvalue weighted by Crippen LogP contribution is 2.38. The van der Waals surface area contributed by atoms with Crippen LogP contribution in [-0.2, 0) is 7.05 Å². The fourth-order valence-electron chi connectivity index (χ4n) is 2.59. The van der Waals surface area contributed by atoms with Gasteiger partial charge in [-0.15, -0.1) is 0 Å². The van der Waals surface area contributed by atoms with Crippen LogP contribution in [0, 0.1) is 5.92 Å². The van der Waals surface area contributed by atoms with E-state index in [1.807, 2.05) is 24.0 Å². The minimum Gasteiger partial charge on any atom is -0.388 e. The molecule has 1 heterocycles. The first kappa shape index (κ1) is 12.9. The van der Waals surface area contributed by atoms with Crippen LogP contribution < -0.4 is 5.73 Å². The summed E-state index contributed by atoms with van der Waals surface area (Å²) in [4.78, 5) is 4.28. The Morgan fingerprint density at radius 3 is 3.18 bits per heavy atom. The van der Waals surface area contributed by atoms with Crippen molar-refractivity contribution in [2.75, 3.05) is 12.3 Å². The molecule has 1 aliphatic carbocycles. The zero-order valence-electron chi connectivity index (χ0n) is 10.3. The summed E-state index contributed by atoms with van der Waals surface area (Å²) in [5.74, 6) is 1.36. The molecule has 2 unspecified atom stereocenters. The largest absolute Gasteiger partial charge is 0.388 e. The SMILES string of the molecule is Cn1ccnc1SCCC1CCCC1(O)CN. The number of nitrogens with zero attached hydrogens (tertiary/aromatic N) is 2. The smallest absolute Gasteiger partial charge is 0.167 e. The number of thioether (sulfide) groups is 1. The van der Waals surface area contributed by atoms with E-state index in [4.69, 9.17) is 5.73 Å². The Morgan fingerprint density at radius 2 is 2.53 bits per heavy atom. The van der Waals surface area contributed by atoms with Crippen molar-refractivity contribution in [3.63, 3.8) is 0 Å². The van der Waals surface area contributed by atoms with Crippen molar-refractivity contribution in [2.45, 2.75) is 36.4 Å². The highest BCUT2D eigenvalue weighted by molar-refractivity contribution is 7.99. The zero-order chi connectivity index (χ0) is 12.3. The highest BCUT2D eigenvalue weighted by Gasteiger charge is 2.39. The number of imidazole rings is 1. The third-order valence-electron chi connectivity index (χ3n) is 3.75. The van der Waals surface area contributed by atoms with E-state index in [-0.39, 0.29) is 0 Å². The van der Waals surface area contributed by atoms with E-state index in [9.17, 15) is 5.11 Å². The van der Waals surface area contributed by atoms with E-state index in [1.165, 1.54) is 0 Å². The highest BCUT2D eigenvalue weighted by atomic mass is 32.2. The Morgan fingerprint density at radius 1 is 1.71 bits per heavy atom. The number of hydrogen-bond donors (Lipinski definition) is 2. The summed E-state index contributed by atoms with van der Waals surface area (Å²) < 4.78 is 2.02. The van der Waals surface area contributed by atoms with Crippen molar-refractivity contribution in [2.24, 2.45) is 18.7 Å². The lowest BCUT2D eigenvalue weighted by molar-refractivity contribution is 0.0103. The Balaban J connectivity index is 1.81. The lowest BCUT2D eigenvalue weighted by atomic mass is 9.89. The lowest BCUT2D eigenvalue weighted by Gasteiger charge is -2.28. The second kappa shape index (κ2) is 5.42. The predicted octanol–water partition coefficient (Wildman–Crippen LogP) is 1.39. The molecule has 0 radical (unpaired) electrons. The van der Waals surface area contributed by atoms with Crippen LogP contribution in [0.4, 0.5) is 0 Å². The summed E-state index contributed by atoms with van der Waals surface area (Å²) in [6.45, 7) is 0.394. The molecule has 0 spiro atoms. The van der Waals surface area contributed by atoms with Crippen molar-refractivity contribution in [3.05, 3.63) is 12.4 Å². The lowest BCUT2D eigenvalue weighted by Crippen LogP contribution is -2.41. The van der Waals surface area contributed by atoms with Crippen LogP contribution in [-0.4, -0.2) is 32.6 Å². The van der Waals surface area contributed by atoms with Gasteiger partial charge in [0.25, 0.3) is 0 Å². The first-order valence-electron chi connectivity index (χ1n) is 6.18. The summed E-state index contributed by atoms with van der Waals surface area (Å²) in [5.41, 5.74) is 5.07. The number of aryl methyl sites for hydroxylation is 1. The van der Waals surface area contributed by atoms with Crippen LogP contribution in [0.25, 0.3) is 0 Å². The second-order valence-electron chi connectivity index (χ2n) is 4.85. The van der Waals surface area contributed by atoms with Gasteiger partial charge in [0.2, 0.25) is 0 Å². The van der Waals surface area contributed by atoms with Gasteiger partial charge in [0.05, 0.1) is 5.60 Å². The average Bonchev–Trinajstić information content (AvgIpc) is 2.88.